The lowest BCUT2D eigenvalue weighted by Gasteiger charge is -2.12. The Bertz CT molecular complexity index is 463. The number of rotatable bonds is 4. The maximum atomic E-state index is 12.3. The van der Waals surface area contributed by atoms with Gasteiger partial charge < -0.3 is 5.11 Å². The van der Waals surface area contributed by atoms with Crippen LogP contribution in [0.15, 0.2) is 36.4 Å². The molecule has 0 saturated carbocycles. The molecule has 96 valence electrons. The zero-order valence-electron chi connectivity index (χ0n) is 9.02. The van der Waals surface area contributed by atoms with Gasteiger partial charge in [-0.1, -0.05) is 36.4 Å². The Labute approximate surface area is 101 Å². The summed E-state index contributed by atoms with van der Waals surface area (Å²) in [4.78, 5) is 21.6. The summed E-state index contributed by atoms with van der Waals surface area (Å²) in [6.07, 6.45) is -3.32. The van der Waals surface area contributed by atoms with Crippen LogP contribution < -0.4 is 0 Å². The maximum Gasteiger partial charge on any atom is 0.409 e. The van der Waals surface area contributed by atoms with Crippen molar-refractivity contribution in [3.8, 4) is 0 Å². The minimum Gasteiger partial charge on any atom is -0.480 e. The van der Waals surface area contributed by atoms with E-state index in [0.717, 1.165) is 6.08 Å². The van der Waals surface area contributed by atoms with E-state index >= 15 is 0 Å². The third-order valence-corrected chi connectivity index (χ3v) is 2.10. The highest BCUT2D eigenvalue weighted by atomic mass is 19.4. The van der Waals surface area contributed by atoms with E-state index in [0.29, 0.717) is 11.6 Å². The molecule has 0 aliphatic rings. The predicted octanol–water partition coefficient (Wildman–Crippen LogP) is 2.53. The topological polar surface area (TPSA) is 54.4 Å². The zero-order valence-corrected chi connectivity index (χ0v) is 9.02. The Morgan fingerprint density at radius 2 is 1.72 bits per heavy atom. The Kier molecular flexibility index (Phi) is 4.25. The van der Waals surface area contributed by atoms with Crippen molar-refractivity contribution in [1.82, 2.24) is 0 Å². The van der Waals surface area contributed by atoms with Gasteiger partial charge in [-0.15, -0.1) is 0 Å². The number of carbonyl (C=O) groups is 2. The fourth-order valence-corrected chi connectivity index (χ4v) is 1.26. The third-order valence-electron chi connectivity index (χ3n) is 2.10. The van der Waals surface area contributed by atoms with E-state index in [2.05, 4.69) is 0 Å². The number of halogens is 3. The summed E-state index contributed by atoms with van der Waals surface area (Å²) in [5.74, 6) is -6.72. The van der Waals surface area contributed by atoms with Crippen LogP contribution >= 0.6 is 0 Å². The molecule has 6 heteroatoms. The number of hydrogen-bond acceptors (Lipinski definition) is 2. The van der Waals surface area contributed by atoms with E-state index in [4.69, 9.17) is 5.11 Å². The van der Waals surface area contributed by atoms with Crippen LogP contribution in [-0.4, -0.2) is 23.0 Å². The zero-order chi connectivity index (χ0) is 13.8. The molecule has 3 nitrogen and oxygen atoms in total. The second-order valence-corrected chi connectivity index (χ2v) is 3.46. The number of aliphatic carboxylic acids is 1. The standard InChI is InChI=1S/C12H9F3O3/c13-12(14,15)10(11(17)18)9(16)7-6-8-4-2-1-3-5-8/h1-7,10H,(H,17,18). The minimum atomic E-state index is -5.09. The Balaban J connectivity index is 2.87. The highest BCUT2D eigenvalue weighted by molar-refractivity contribution is 6.06. The van der Waals surface area contributed by atoms with Crippen LogP contribution in [0.5, 0.6) is 0 Å². The van der Waals surface area contributed by atoms with Crippen LogP contribution in [0.3, 0.4) is 0 Å². The minimum absolute atomic E-state index is 0.511. The smallest absolute Gasteiger partial charge is 0.409 e. The maximum absolute atomic E-state index is 12.3. The van der Waals surface area contributed by atoms with Crippen molar-refractivity contribution in [3.63, 3.8) is 0 Å². The van der Waals surface area contributed by atoms with E-state index in [1.165, 1.54) is 0 Å². The number of alkyl halides is 3. The summed E-state index contributed by atoms with van der Waals surface area (Å²) in [7, 11) is 0. The van der Waals surface area contributed by atoms with Gasteiger partial charge in [-0.25, -0.2) is 0 Å². The van der Waals surface area contributed by atoms with Crippen molar-refractivity contribution in [2.45, 2.75) is 6.18 Å². The Morgan fingerprint density at radius 3 is 2.17 bits per heavy atom. The van der Waals surface area contributed by atoms with E-state index in [1.807, 2.05) is 0 Å². The highest BCUT2D eigenvalue weighted by Crippen LogP contribution is 2.27. The second kappa shape index (κ2) is 5.48. The first-order chi connectivity index (χ1) is 8.32. The molecule has 0 amide bonds. The van der Waals surface area contributed by atoms with Gasteiger partial charge in [0.25, 0.3) is 0 Å². The van der Waals surface area contributed by atoms with E-state index in [9.17, 15) is 22.8 Å². The fourth-order valence-electron chi connectivity index (χ4n) is 1.26. The molecule has 1 unspecified atom stereocenters. The molecule has 0 aliphatic heterocycles. The molecule has 0 radical (unpaired) electrons. The fraction of sp³-hybridized carbons (Fsp3) is 0.167. The van der Waals surface area contributed by atoms with Gasteiger partial charge in [-0.2, -0.15) is 13.2 Å². The summed E-state index contributed by atoms with van der Waals surface area (Å²) in [6, 6.07) is 8.14. The van der Waals surface area contributed by atoms with Crippen LogP contribution in [0.4, 0.5) is 13.2 Å². The number of hydrogen-bond donors (Lipinski definition) is 1. The summed E-state index contributed by atoms with van der Waals surface area (Å²) < 4.78 is 36.9. The molecule has 1 N–H and O–H groups in total. The number of allylic oxidation sites excluding steroid dienone is 1. The van der Waals surface area contributed by atoms with Gasteiger partial charge in [0.1, 0.15) is 0 Å². The van der Waals surface area contributed by atoms with Gasteiger partial charge in [0.2, 0.25) is 5.92 Å². The molecule has 1 atom stereocenters. The normalized spacial score (nSPS) is 13.5. The molecule has 0 heterocycles. The van der Waals surface area contributed by atoms with E-state index in [-0.39, 0.29) is 0 Å². The number of carbonyl (C=O) groups excluding carboxylic acids is 1. The molecule has 0 aliphatic carbocycles. The van der Waals surface area contributed by atoms with Gasteiger partial charge in [-0.3, -0.25) is 9.59 Å². The molecule has 0 aromatic heterocycles. The quantitative estimate of drug-likeness (QED) is 0.667. The summed E-state index contributed by atoms with van der Waals surface area (Å²) >= 11 is 0. The number of ketones is 1. The molecule has 0 bridgehead atoms. The molecule has 1 rings (SSSR count). The van der Waals surface area contributed by atoms with E-state index < -0.39 is 23.8 Å². The highest BCUT2D eigenvalue weighted by Gasteiger charge is 2.49. The SMILES string of the molecule is O=C(O)C(C(=O)C=Cc1ccccc1)C(F)(F)F. The largest absolute Gasteiger partial charge is 0.480 e. The predicted molar refractivity (Wildman–Crippen MR) is 57.7 cm³/mol. The first-order valence-corrected chi connectivity index (χ1v) is 4.89. The van der Waals surface area contributed by atoms with Crippen molar-refractivity contribution in [2.24, 2.45) is 5.92 Å². The molecule has 0 saturated heterocycles. The van der Waals surface area contributed by atoms with E-state index in [1.54, 1.807) is 30.3 Å². The number of carboxylic acid groups (broad SMARTS) is 1. The lowest BCUT2D eigenvalue weighted by molar-refractivity contribution is -0.192. The molecule has 1 aromatic rings. The van der Waals surface area contributed by atoms with Crippen LogP contribution in [0.1, 0.15) is 5.56 Å². The van der Waals surface area contributed by atoms with Crippen molar-refractivity contribution in [3.05, 3.63) is 42.0 Å². The first-order valence-electron chi connectivity index (χ1n) is 4.89. The van der Waals surface area contributed by atoms with Crippen molar-refractivity contribution in [1.29, 1.82) is 0 Å². The molecule has 0 fully saturated rings. The molecule has 1 aromatic carbocycles. The van der Waals surface area contributed by atoms with Crippen molar-refractivity contribution >= 4 is 17.8 Å². The lowest BCUT2D eigenvalue weighted by atomic mass is 10.0. The van der Waals surface area contributed by atoms with Crippen molar-refractivity contribution in [2.75, 3.05) is 0 Å². The van der Waals surface area contributed by atoms with Crippen LogP contribution in [0, 0.1) is 5.92 Å². The summed E-state index contributed by atoms with van der Waals surface area (Å²) in [5.41, 5.74) is 0.511. The van der Waals surface area contributed by atoms with Gasteiger partial charge in [0.15, 0.2) is 5.78 Å². The van der Waals surface area contributed by atoms with Crippen LogP contribution in [-0.2, 0) is 9.59 Å². The van der Waals surface area contributed by atoms with Gasteiger partial charge in [0.05, 0.1) is 0 Å². The van der Waals surface area contributed by atoms with Crippen molar-refractivity contribution < 1.29 is 27.9 Å². The summed E-state index contributed by atoms with van der Waals surface area (Å²) in [5, 5.41) is 8.40. The molecule has 18 heavy (non-hydrogen) atoms. The van der Waals surface area contributed by atoms with Gasteiger partial charge in [-0.05, 0) is 11.6 Å². The average Bonchev–Trinajstić information content (AvgIpc) is 2.25. The lowest BCUT2D eigenvalue weighted by Crippen LogP contribution is -2.36. The Morgan fingerprint density at radius 1 is 1.17 bits per heavy atom. The molecular weight excluding hydrogens is 249 g/mol. The van der Waals surface area contributed by atoms with Crippen LogP contribution in [0.2, 0.25) is 0 Å². The molecule has 0 spiro atoms. The van der Waals surface area contributed by atoms with Gasteiger partial charge in [0, 0.05) is 0 Å². The average molecular weight is 258 g/mol. The van der Waals surface area contributed by atoms with Crippen LogP contribution in [0.25, 0.3) is 6.08 Å². The number of benzene rings is 1. The summed E-state index contributed by atoms with van der Waals surface area (Å²) in [6.45, 7) is 0. The monoisotopic (exact) mass is 258 g/mol. The third kappa shape index (κ3) is 3.73. The van der Waals surface area contributed by atoms with Gasteiger partial charge >= 0.3 is 12.1 Å². The first kappa shape index (κ1) is 14.0. The Hall–Kier alpha value is -2.11. The number of carboxylic acids is 1. The second-order valence-electron chi connectivity index (χ2n) is 3.46. The molecular formula is C12H9F3O3.